The van der Waals surface area contributed by atoms with E-state index in [1.165, 1.54) is 4.90 Å². The SMILES string of the molecule is CCCCN(CC(N)=O)C(=O)CCN.Cl. The van der Waals surface area contributed by atoms with Gasteiger partial charge in [-0.3, -0.25) is 9.59 Å². The van der Waals surface area contributed by atoms with E-state index in [-0.39, 0.29) is 31.3 Å². The van der Waals surface area contributed by atoms with Crippen LogP contribution in [0.2, 0.25) is 0 Å². The molecule has 0 aliphatic carbocycles. The van der Waals surface area contributed by atoms with Gasteiger partial charge in [0.2, 0.25) is 11.8 Å². The van der Waals surface area contributed by atoms with Crippen molar-refractivity contribution in [1.29, 1.82) is 0 Å². The van der Waals surface area contributed by atoms with E-state index in [1.54, 1.807) is 0 Å². The van der Waals surface area contributed by atoms with Crippen molar-refractivity contribution in [2.75, 3.05) is 19.6 Å². The van der Waals surface area contributed by atoms with Crippen LogP contribution in [0, 0.1) is 0 Å². The van der Waals surface area contributed by atoms with E-state index < -0.39 is 5.91 Å². The van der Waals surface area contributed by atoms with Crippen LogP contribution in [0.25, 0.3) is 0 Å². The largest absolute Gasteiger partial charge is 0.368 e. The van der Waals surface area contributed by atoms with Gasteiger partial charge in [0.25, 0.3) is 0 Å². The smallest absolute Gasteiger partial charge is 0.237 e. The minimum absolute atomic E-state index is 0. The first-order valence-electron chi connectivity index (χ1n) is 4.88. The number of hydrogen-bond donors (Lipinski definition) is 2. The van der Waals surface area contributed by atoms with Crippen LogP contribution in [0.5, 0.6) is 0 Å². The summed E-state index contributed by atoms with van der Waals surface area (Å²) in [4.78, 5) is 23.6. The molecule has 0 atom stereocenters. The minimum atomic E-state index is -0.480. The predicted molar refractivity (Wildman–Crippen MR) is 61.6 cm³/mol. The third-order valence-electron chi connectivity index (χ3n) is 1.84. The number of carbonyl (C=O) groups is 2. The molecule has 2 amide bonds. The normalized spacial score (nSPS) is 9.20. The third-order valence-corrected chi connectivity index (χ3v) is 1.84. The summed E-state index contributed by atoms with van der Waals surface area (Å²) in [7, 11) is 0. The molecule has 0 aliphatic rings. The molecular formula is C9H20ClN3O2. The lowest BCUT2D eigenvalue weighted by Gasteiger charge is -2.20. The standard InChI is InChI=1S/C9H19N3O2.ClH/c1-2-3-6-12(7-8(11)13)9(14)4-5-10;/h2-7,10H2,1H3,(H2,11,13);1H. The van der Waals surface area contributed by atoms with Gasteiger partial charge in [0, 0.05) is 19.5 Å². The second kappa shape index (κ2) is 9.73. The van der Waals surface area contributed by atoms with Gasteiger partial charge in [-0.25, -0.2) is 0 Å². The van der Waals surface area contributed by atoms with E-state index >= 15 is 0 Å². The molecule has 5 nitrogen and oxygen atoms in total. The maximum Gasteiger partial charge on any atom is 0.237 e. The van der Waals surface area contributed by atoms with Gasteiger partial charge >= 0.3 is 0 Å². The Hall–Kier alpha value is -0.810. The first-order valence-corrected chi connectivity index (χ1v) is 4.88. The van der Waals surface area contributed by atoms with Crippen molar-refractivity contribution < 1.29 is 9.59 Å². The zero-order chi connectivity index (χ0) is 11.0. The van der Waals surface area contributed by atoms with Gasteiger partial charge in [-0.2, -0.15) is 0 Å². The molecule has 0 aromatic carbocycles. The highest BCUT2D eigenvalue weighted by Gasteiger charge is 2.13. The monoisotopic (exact) mass is 237 g/mol. The first-order chi connectivity index (χ1) is 6.61. The van der Waals surface area contributed by atoms with Crippen molar-refractivity contribution >= 4 is 24.2 Å². The van der Waals surface area contributed by atoms with Gasteiger partial charge in [0.05, 0.1) is 6.54 Å². The number of unbranched alkanes of at least 4 members (excludes halogenated alkanes) is 1. The van der Waals surface area contributed by atoms with Gasteiger partial charge in [-0.1, -0.05) is 13.3 Å². The van der Waals surface area contributed by atoms with Crippen molar-refractivity contribution in [3.8, 4) is 0 Å². The predicted octanol–water partition coefficient (Wildman–Crippen LogP) is -0.129. The van der Waals surface area contributed by atoms with Gasteiger partial charge in [0.15, 0.2) is 0 Å². The van der Waals surface area contributed by atoms with Crippen molar-refractivity contribution in [1.82, 2.24) is 4.90 Å². The number of nitrogens with two attached hydrogens (primary N) is 2. The average Bonchev–Trinajstić information content (AvgIpc) is 2.12. The molecule has 15 heavy (non-hydrogen) atoms. The summed E-state index contributed by atoms with van der Waals surface area (Å²) in [5.74, 6) is -0.578. The lowest BCUT2D eigenvalue weighted by molar-refractivity contribution is -0.135. The summed E-state index contributed by atoms with van der Waals surface area (Å²) < 4.78 is 0. The molecular weight excluding hydrogens is 218 g/mol. The van der Waals surface area contributed by atoms with Crippen molar-refractivity contribution in [2.45, 2.75) is 26.2 Å². The Balaban J connectivity index is 0. The Bertz CT molecular complexity index is 200. The van der Waals surface area contributed by atoms with Crippen molar-refractivity contribution in [2.24, 2.45) is 11.5 Å². The number of amides is 2. The van der Waals surface area contributed by atoms with E-state index in [4.69, 9.17) is 11.5 Å². The van der Waals surface area contributed by atoms with Crippen LogP contribution in [0.4, 0.5) is 0 Å². The molecule has 0 saturated heterocycles. The van der Waals surface area contributed by atoms with E-state index in [0.717, 1.165) is 12.8 Å². The topological polar surface area (TPSA) is 89.4 Å². The Morgan fingerprint density at radius 1 is 1.33 bits per heavy atom. The fraction of sp³-hybridized carbons (Fsp3) is 0.778. The number of hydrogen-bond acceptors (Lipinski definition) is 3. The quantitative estimate of drug-likeness (QED) is 0.647. The number of rotatable bonds is 7. The summed E-state index contributed by atoms with van der Waals surface area (Å²) in [5, 5.41) is 0. The molecule has 0 spiro atoms. The highest BCUT2D eigenvalue weighted by Crippen LogP contribution is 1.97. The van der Waals surface area contributed by atoms with Gasteiger partial charge < -0.3 is 16.4 Å². The van der Waals surface area contributed by atoms with Crippen LogP contribution in [-0.4, -0.2) is 36.3 Å². The maximum absolute atomic E-state index is 11.4. The Morgan fingerprint density at radius 3 is 2.33 bits per heavy atom. The summed E-state index contributed by atoms with van der Waals surface area (Å²) in [6.45, 7) is 2.91. The molecule has 0 aromatic heterocycles. The fourth-order valence-corrected chi connectivity index (χ4v) is 1.11. The molecule has 0 aromatic rings. The molecule has 0 unspecified atom stereocenters. The molecule has 0 radical (unpaired) electrons. The Kier molecular flexibility index (Phi) is 10.8. The summed E-state index contributed by atoms with van der Waals surface area (Å²) in [5.41, 5.74) is 10.3. The number of halogens is 1. The Morgan fingerprint density at radius 2 is 1.93 bits per heavy atom. The van der Waals surface area contributed by atoms with Gasteiger partial charge in [-0.15, -0.1) is 12.4 Å². The van der Waals surface area contributed by atoms with E-state index in [1.807, 2.05) is 6.92 Å². The van der Waals surface area contributed by atoms with Crippen LogP contribution in [0.3, 0.4) is 0 Å². The number of nitrogens with zero attached hydrogens (tertiary/aromatic N) is 1. The van der Waals surface area contributed by atoms with Crippen molar-refractivity contribution in [3.05, 3.63) is 0 Å². The third kappa shape index (κ3) is 8.20. The van der Waals surface area contributed by atoms with Gasteiger partial charge in [-0.05, 0) is 6.42 Å². The van der Waals surface area contributed by atoms with Gasteiger partial charge in [0.1, 0.15) is 0 Å². The molecule has 0 fully saturated rings. The van der Waals surface area contributed by atoms with Crippen LogP contribution in [0.1, 0.15) is 26.2 Å². The van der Waals surface area contributed by atoms with Crippen LogP contribution in [-0.2, 0) is 9.59 Å². The summed E-state index contributed by atoms with van der Waals surface area (Å²) in [6.07, 6.45) is 2.13. The highest BCUT2D eigenvalue weighted by atomic mass is 35.5. The van der Waals surface area contributed by atoms with E-state index in [0.29, 0.717) is 13.1 Å². The average molecular weight is 238 g/mol. The second-order valence-corrected chi connectivity index (χ2v) is 3.17. The first kappa shape index (κ1) is 16.6. The number of carbonyl (C=O) groups excluding carboxylic acids is 2. The summed E-state index contributed by atoms with van der Waals surface area (Å²) >= 11 is 0. The van der Waals surface area contributed by atoms with Crippen LogP contribution in [0.15, 0.2) is 0 Å². The molecule has 4 N–H and O–H groups in total. The second-order valence-electron chi connectivity index (χ2n) is 3.17. The van der Waals surface area contributed by atoms with Crippen LogP contribution < -0.4 is 11.5 Å². The zero-order valence-electron chi connectivity index (χ0n) is 9.07. The Labute approximate surface area is 96.6 Å². The minimum Gasteiger partial charge on any atom is -0.368 e. The fourth-order valence-electron chi connectivity index (χ4n) is 1.11. The molecule has 0 aliphatic heterocycles. The maximum atomic E-state index is 11.4. The van der Waals surface area contributed by atoms with E-state index in [2.05, 4.69) is 0 Å². The molecule has 90 valence electrons. The van der Waals surface area contributed by atoms with Crippen molar-refractivity contribution in [3.63, 3.8) is 0 Å². The molecule has 0 saturated carbocycles. The molecule has 0 rings (SSSR count). The molecule has 0 heterocycles. The highest BCUT2D eigenvalue weighted by molar-refractivity contribution is 5.85. The molecule has 0 bridgehead atoms. The lowest BCUT2D eigenvalue weighted by Crippen LogP contribution is -2.39. The zero-order valence-corrected chi connectivity index (χ0v) is 9.89. The summed E-state index contributed by atoms with van der Waals surface area (Å²) in [6, 6.07) is 0. The van der Waals surface area contributed by atoms with Crippen LogP contribution >= 0.6 is 12.4 Å². The lowest BCUT2D eigenvalue weighted by atomic mass is 10.3. The van der Waals surface area contributed by atoms with E-state index in [9.17, 15) is 9.59 Å². The molecule has 6 heteroatoms. The number of primary amides is 1.